The first-order chi connectivity index (χ1) is 3.13. The molecule has 0 rings (SSSR count). The Kier molecular flexibility index (Phi) is 3.11. The molecule has 0 radical (unpaired) electrons. The van der Waals surface area contributed by atoms with Gasteiger partial charge < -0.3 is 8.92 Å². The zero-order chi connectivity index (χ0) is 5.86. The molecule has 0 N–H and O–H groups in total. The van der Waals surface area contributed by atoms with Gasteiger partial charge in [0.05, 0.1) is 0 Å². The van der Waals surface area contributed by atoms with Crippen LogP contribution in [0.4, 0.5) is 0 Å². The molecule has 7 heavy (non-hydrogen) atoms. The van der Waals surface area contributed by atoms with Gasteiger partial charge in [-0.15, -0.1) is 0 Å². The monoisotopic (exact) mass is 132 g/mol. The smallest absolute Gasteiger partial charge is 0.277 e. The number of hydrogen-bond donors (Lipinski definition) is 0. The molecule has 0 heterocycles. The van der Waals surface area contributed by atoms with Crippen molar-refractivity contribution in [2.45, 2.75) is 18.8 Å². The summed E-state index contributed by atoms with van der Waals surface area (Å²) < 4.78 is 20.5. The van der Waals surface area contributed by atoms with E-state index in [1.165, 1.54) is 0 Å². The molecule has 0 spiro atoms. The lowest BCUT2D eigenvalue weighted by atomic mass is 11.8. The van der Waals surface area contributed by atoms with Gasteiger partial charge in [0.25, 0.3) is 17.4 Å². The van der Waals surface area contributed by atoms with Crippen molar-refractivity contribution in [1.29, 1.82) is 0 Å². The highest BCUT2D eigenvalue weighted by molar-refractivity contribution is 6.61. The van der Waals surface area contributed by atoms with Crippen LogP contribution in [0.25, 0.3) is 0 Å². The Balaban J connectivity index is 3.32. The van der Waals surface area contributed by atoms with Crippen LogP contribution in [0.5, 0.6) is 0 Å². The summed E-state index contributed by atoms with van der Waals surface area (Å²) in [4.78, 5) is 0. The van der Waals surface area contributed by atoms with Crippen LogP contribution >= 0.6 is 0 Å². The van der Waals surface area contributed by atoms with E-state index in [4.69, 9.17) is 0 Å². The van der Waals surface area contributed by atoms with E-state index in [0.29, 0.717) is 5.67 Å². The summed E-state index contributed by atoms with van der Waals surface area (Å²) in [6.07, 6.45) is 0. The first kappa shape index (κ1) is 7.03. The number of hydrogen-bond acceptors (Lipinski definition) is 2. The van der Waals surface area contributed by atoms with Gasteiger partial charge in [0.15, 0.2) is 0 Å². The van der Waals surface area contributed by atoms with Crippen molar-refractivity contribution in [2.24, 2.45) is 0 Å². The molecule has 0 aromatic heterocycles. The Morgan fingerprint density at radius 3 is 1.43 bits per heavy atom. The summed E-state index contributed by atoms with van der Waals surface area (Å²) in [6.45, 7) is 3.27. The predicted molar refractivity (Wildman–Crippen MR) is 29.4 cm³/mol. The largest absolute Gasteiger partial charge is 0.389 e. The van der Waals surface area contributed by atoms with Crippen molar-refractivity contribution < 1.29 is 8.92 Å². The fourth-order valence-electron chi connectivity index (χ4n) is 0.351. The molecule has 0 atom stereocenters. The van der Waals surface area contributed by atoms with Crippen LogP contribution in [0.1, 0.15) is 0 Å². The standard InChI is InChI=1S/C3H8O2Si2/c1-6(4)3-7(2)5/h3H2,1-2H3. The minimum atomic E-state index is -1.45. The molecule has 0 fully saturated rings. The van der Waals surface area contributed by atoms with E-state index >= 15 is 0 Å². The Labute approximate surface area is 45.9 Å². The van der Waals surface area contributed by atoms with Crippen molar-refractivity contribution in [3.63, 3.8) is 0 Å². The van der Waals surface area contributed by atoms with Gasteiger partial charge in [-0.1, -0.05) is 0 Å². The van der Waals surface area contributed by atoms with Gasteiger partial charge in [0.1, 0.15) is 0 Å². The fraction of sp³-hybridized carbons (Fsp3) is 1.00. The minimum Gasteiger partial charge on any atom is -0.389 e. The molecular formula is C3H8O2Si2. The first-order valence-corrected chi connectivity index (χ1v) is 6.35. The summed E-state index contributed by atoms with van der Waals surface area (Å²) in [5, 5.41) is 0. The van der Waals surface area contributed by atoms with Gasteiger partial charge in [0.2, 0.25) is 0 Å². The summed E-state index contributed by atoms with van der Waals surface area (Å²) in [5.74, 6) is 0. The summed E-state index contributed by atoms with van der Waals surface area (Å²) in [7, 11) is -2.90. The fourth-order valence-corrected chi connectivity index (χ4v) is 3.16. The van der Waals surface area contributed by atoms with Gasteiger partial charge in [-0.25, -0.2) is 0 Å². The van der Waals surface area contributed by atoms with Gasteiger partial charge in [0, 0.05) is 5.67 Å². The van der Waals surface area contributed by atoms with Crippen LogP contribution in [-0.4, -0.2) is 17.4 Å². The molecule has 0 bridgehead atoms. The van der Waals surface area contributed by atoms with Gasteiger partial charge >= 0.3 is 0 Å². The van der Waals surface area contributed by atoms with Crippen LogP contribution < -0.4 is 0 Å². The lowest BCUT2D eigenvalue weighted by Gasteiger charge is -1.77. The highest BCUT2D eigenvalue weighted by Gasteiger charge is 2.00. The average Bonchev–Trinajstić information content (AvgIpc) is 1.27. The average molecular weight is 132 g/mol. The molecule has 2 nitrogen and oxygen atoms in total. The maximum absolute atomic E-state index is 10.3. The lowest BCUT2D eigenvalue weighted by Crippen LogP contribution is -2.00. The number of rotatable bonds is 2. The Morgan fingerprint density at radius 2 is 1.43 bits per heavy atom. The summed E-state index contributed by atoms with van der Waals surface area (Å²) in [6, 6.07) is 0. The van der Waals surface area contributed by atoms with Gasteiger partial charge in [-0.05, 0) is 13.1 Å². The molecule has 40 valence electrons. The Morgan fingerprint density at radius 1 is 1.14 bits per heavy atom. The third-order valence-electron chi connectivity index (χ3n) is 0.498. The van der Waals surface area contributed by atoms with Crippen LogP contribution in [-0.2, 0) is 8.92 Å². The van der Waals surface area contributed by atoms with Crippen molar-refractivity contribution in [3.05, 3.63) is 0 Å². The Bertz CT molecular complexity index is 87.1. The molecule has 0 aliphatic rings. The molecule has 0 unspecified atom stereocenters. The zero-order valence-electron chi connectivity index (χ0n) is 4.52. The van der Waals surface area contributed by atoms with Crippen molar-refractivity contribution in [1.82, 2.24) is 0 Å². The van der Waals surface area contributed by atoms with Crippen molar-refractivity contribution in [3.8, 4) is 0 Å². The van der Waals surface area contributed by atoms with Crippen LogP contribution in [0, 0.1) is 0 Å². The first-order valence-electron chi connectivity index (χ1n) is 2.12. The van der Waals surface area contributed by atoms with E-state index in [-0.39, 0.29) is 0 Å². The summed E-state index contributed by atoms with van der Waals surface area (Å²) in [5.41, 5.74) is 0.454. The lowest BCUT2D eigenvalue weighted by molar-refractivity contribution is 0.556. The van der Waals surface area contributed by atoms with E-state index in [1.54, 1.807) is 13.1 Å². The molecular weight excluding hydrogens is 124 g/mol. The second kappa shape index (κ2) is 3.09. The Hall–Kier alpha value is 0.0338. The second-order valence-corrected chi connectivity index (χ2v) is 5.80. The normalized spacial score (nSPS) is 8.29. The van der Waals surface area contributed by atoms with Crippen LogP contribution in [0.3, 0.4) is 0 Å². The maximum atomic E-state index is 10.3. The van der Waals surface area contributed by atoms with E-state index in [1.807, 2.05) is 0 Å². The molecule has 0 aliphatic carbocycles. The van der Waals surface area contributed by atoms with Crippen LogP contribution in [0.2, 0.25) is 18.8 Å². The van der Waals surface area contributed by atoms with E-state index in [2.05, 4.69) is 0 Å². The topological polar surface area (TPSA) is 34.1 Å². The minimum absolute atomic E-state index is 0.454. The van der Waals surface area contributed by atoms with Crippen molar-refractivity contribution in [2.75, 3.05) is 0 Å². The quantitative estimate of drug-likeness (QED) is 0.516. The highest BCUT2D eigenvalue weighted by Crippen LogP contribution is 1.79. The predicted octanol–water partition coefficient (Wildman–Crippen LogP) is 0.629. The second-order valence-electron chi connectivity index (χ2n) is 1.58. The van der Waals surface area contributed by atoms with E-state index < -0.39 is 17.4 Å². The molecule has 0 saturated carbocycles. The molecule has 0 aromatic carbocycles. The van der Waals surface area contributed by atoms with E-state index in [9.17, 15) is 8.92 Å². The zero-order valence-corrected chi connectivity index (χ0v) is 6.52. The summed E-state index contributed by atoms with van der Waals surface area (Å²) >= 11 is 0. The molecule has 0 amide bonds. The molecule has 0 aromatic rings. The molecule has 0 saturated heterocycles. The third-order valence-corrected chi connectivity index (χ3v) is 4.48. The van der Waals surface area contributed by atoms with Crippen LogP contribution in [0.15, 0.2) is 0 Å². The third kappa shape index (κ3) is 6.03. The van der Waals surface area contributed by atoms with Crippen molar-refractivity contribution >= 4 is 17.4 Å². The SMILES string of the molecule is C[Si](=O)C[Si](C)=O. The molecule has 4 heteroatoms. The van der Waals surface area contributed by atoms with Gasteiger partial charge in [-0.3, -0.25) is 0 Å². The molecule has 0 aliphatic heterocycles. The van der Waals surface area contributed by atoms with Gasteiger partial charge in [-0.2, -0.15) is 0 Å². The highest BCUT2D eigenvalue weighted by atomic mass is 28.3. The van der Waals surface area contributed by atoms with E-state index in [0.717, 1.165) is 0 Å². The maximum Gasteiger partial charge on any atom is 0.277 e.